The lowest BCUT2D eigenvalue weighted by atomic mass is 9.92. The van der Waals surface area contributed by atoms with Crippen LogP contribution in [-0.2, 0) is 20.9 Å². The van der Waals surface area contributed by atoms with E-state index in [0.717, 1.165) is 18.5 Å². The highest BCUT2D eigenvalue weighted by atomic mass is 16.5. The molecule has 4 nitrogen and oxygen atoms in total. The number of esters is 1. The Kier molecular flexibility index (Phi) is 7.56. The third-order valence-corrected chi connectivity index (χ3v) is 3.52. The maximum atomic E-state index is 12.0. The average molecular weight is 307 g/mol. The maximum absolute atomic E-state index is 12.0. The van der Waals surface area contributed by atoms with Crippen LogP contribution < -0.4 is 5.32 Å². The minimum atomic E-state index is -0.448. The van der Waals surface area contributed by atoms with Gasteiger partial charge in [0.05, 0.1) is 19.8 Å². The summed E-state index contributed by atoms with van der Waals surface area (Å²) >= 11 is 0. The Bertz CT molecular complexity index is 439. The summed E-state index contributed by atoms with van der Waals surface area (Å²) in [5, 5.41) is 3.26. The molecule has 0 amide bonds. The maximum Gasteiger partial charge on any atom is 0.325 e. The van der Waals surface area contributed by atoms with Crippen molar-refractivity contribution in [3.63, 3.8) is 0 Å². The molecule has 4 heteroatoms. The van der Waals surface area contributed by atoms with Gasteiger partial charge in [-0.2, -0.15) is 0 Å². The zero-order valence-corrected chi connectivity index (χ0v) is 14.4. The molecule has 0 bridgehead atoms. The van der Waals surface area contributed by atoms with Crippen molar-refractivity contribution in [2.45, 2.75) is 52.9 Å². The number of benzene rings is 1. The number of hydrogen-bond donors (Lipinski definition) is 1. The van der Waals surface area contributed by atoms with Crippen LogP contribution in [0.25, 0.3) is 0 Å². The SMILES string of the molecule is COC(=O)C(NCCC(C)(C)C)C(C)OCc1ccccc1. The summed E-state index contributed by atoms with van der Waals surface area (Å²) in [4.78, 5) is 12.0. The molecular formula is C18H29NO3. The lowest BCUT2D eigenvalue weighted by Crippen LogP contribution is -2.47. The van der Waals surface area contributed by atoms with Gasteiger partial charge in [-0.15, -0.1) is 0 Å². The Hall–Kier alpha value is -1.39. The minimum Gasteiger partial charge on any atom is -0.468 e. The molecule has 0 fully saturated rings. The van der Waals surface area contributed by atoms with E-state index >= 15 is 0 Å². The molecule has 2 atom stereocenters. The summed E-state index contributed by atoms with van der Waals surface area (Å²) in [7, 11) is 1.41. The first-order valence-electron chi connectivity index (χ1n) is 7.80. The molecule has 1 N–H and O–H groups in total. The van der Waals surface area contributed by atoms with E-state index in [-0.39, 0.29) is 17.5 Å². The van der Waals surface area contributed by atoms with Crippen LogP contribution in [0.5, 0.6) is 0 Å². The quantitative estimate of drug-likeness (QED) is 0.750. The molecular weight excluding hydrogens is 278 g/mol. The molecule has 0 saturated heterocycles. The lowest BCUT2D eigenvalue weighted by Gasteiger charge is -2.25. The Morgan fingerprint density at radius 1 is 1.23 bits per heavy atom. The van der Waals surface area contributed by atoms with Gasteiger partial charge >= 0.3 is 5.97 Å². The van der Waals surface area contributed by atoms with Crippen molar-refractivity contribution >= 4 is 5.97 Å². The van der Waals surface area contributed by atoms with Gasteiger partial charge in [-0.05, 0) is 30.9 Å². The first-order valence-corrected chi connectivity index (χ1v) is 7.80. The van der Waals surface area contributed by atoms with E-state index in [1.54, 1.807) is 0 Å². The summed E-state index contributed by atoms with van der Waals surface area (Å²) in [6.45, 7) is 9.67. The number of hydrogen-bond acceptors (Lipinski definition) is 4. The molecule has 124 valence electrons. The van der Waals surface area contributed by atoms with Crippen molar-refractivity contribution in [2.24, 2.45) is 5.41 Å². The fraction of sp³-hybridized carbons (Fsp3) is 0.611. The van der Waals surface area contributed by atoms with Crippen molar-refractivity contribution < 1.29 is 14.3 Å². The summed E-state index contributed by atoms with van der Waals surface area (Å²) in [5.41, 5.74) is 1.31. The van der Waals surface area contributed by atoms with E-state index in [4.69, 9.17) is 9.47 Å². The van der Waals surface area contributed by atoms with Gasteiger partial charge in [-0.25, -0.2) is 0 Å². The molecule has 1 rings (SSSR count). The normalized spacial score (nSPS) is 14.4. The van der Waals surface area contributed by atoms with Crippen LogP contribution in [0.15, 0.2) is 30.3 Å². The lowest BCUT2D eigenvalue weighted by molar-refractivity contribution is -0.147. The predicted molar refractivity (Wildman–Crippen MR) is 88.6 cm³/mol. The van der Waals surface area contributed by atoms with E-state index < -0.39 is 6.04 Å². The second-order valence-corrected chi connectivity index (χ2v) is 6.77. The number of nitrogens with one attached hydrogen (secondary N) is 1. The first kappa shape index (κ1) is 18.7. The number of ether oxygens (including phenoxy) is 2. The largest absolute Gasteiger partial charge is 0.468 e. The van der Waals surface area contributed by atoms with Gasteiger partial charge in [0.15, 0.2) is 0 Å². The van der Waals surface area contributed by atoms with Gasteiger partial charge in [0.1, 0.15) is 6.04 Å². The molecule has 0 aliphatic carbocycles. The minimum absolute atomic E-state index is 0.224. The second kappa shape index (κ2) is 8.91. The van der Waals surface area contributed by atoms with Crippen LogP contribution in [0.4, 0.5) is 0 Å². The standard InChI is InChI=1S/C18H29NO3/c1-14(22-13-15-9-7-6-8-10-15)16(17(20)21-5)19-12-11-18(2,3)4/h6-10,14,16,19H,11-13H2,1-5H3. The summed E-state index contributed by atoms with van der Waals surface area (Å²) in [5.74, 6) is -0.283. The Balaban J connectivity index is 2.53. The first-order chi connectivity index (χ1) is 10.3. The number of rotatable bonds is 8. The summed E-state index contributed by atoms with van der Waals surface area (Å²) < 4.78 is 10.7. The van der Waals surface area contributed by atoms with Gasteiger partial charge in [-0.3, -0.25) is 4.79 Å². The number of carbonyl (C=O) groups is 1. The fourth-order valence-corrected chi connectivity index (χ4v) is 2.07. The third-order valence-electron chi connectivity index (χ3n) is 3.52. The van der Waals surface area contributed by atoms with Crippen LogP contribution >= 0.6 is 0 Å². The van der Waals surface area contributed by atoms with Crippen molar-refractivity contribution in [1.29, 1.82) is 0 Å². The molecule has 0 aliphatic heterocycles. The van der Waals surface area contributed by atoms with Crippen molar-refractivity contribution in [1.82, 2.24) is 5.32 Å². The van der Waals surface area contributed by atoms with Crippen LogP contribution in [-0.4, -0.2) is 31.8 Å². The Labute approximate surface area is 134 Å². The second-order valence-electron chi connectivity index (χ2n) is 6.77. The van der Waals surface area contributed by atoms with Crippen molar-refractivity contribution in [2.75, 3.05) is 13.7 Å². The zero-order chi connectivity index (χ0) is 16.6. The van der Waals surface area contributed by atoms with Crippen LogP contribution in [0.2, 0.25) is 0 Å². The molecule has 0 aliphatic rings. The summed E-state index contributed by atoms with van der Waals surface area (Å²) in [6, 6.07) is 9.49. The molecule has 2 unspecified atom stereocenters. The zero-order valence-electron chi connectivity index (χ0n) is 14.4. The predicted octanol–water partition coefficient (Wildman–Crippen LogP) is 3.16. The highest BCUT2D eigenvalue weighted by molar-refractivity contribution is 5.76. The van der Waals surface area contributed by atoms with E-state index in [1.165, 1.54) is 7.11 Å². The molecule has 0 saturated carbocycles. The molecule has 22 heavy (non-hydrogen) atoms. The smallest absolute Gasteiger partial charge is 0.325 e. The molecule has 0 spiro atoms. The van der Waals surface area contributed by atoms with Gasteiger partial charge in [-0.1, -0.05) is 51.1 Å². The molecule has 0 heterocycles. The number of carbonyl (C=O) groups excluding carboxylic acids is 1. The molecule has 1 aromatic rings. The molecule has 1 aromatic carbocycles. The topological polar surface area (TPSA) is 47.6 Å². The molecule has 0 aromatic heterocycles. The highest BCUT2D eigenvalue weighted by Gasteiger charge is 2.26. The van der Waals surface area contributed by atoms with Crippen LogP contribution in [0.3, 0.4) is 0 Å². The van der Waals surface area contributed by atoms with Gasteiger partial charge in [0, 0.05) is 0 Å². The van der Waals surface area contributed by atoms with Crippen molar-refractivity contribution in [3.05, 3.63) is 35.9 Å². The van der Waals surface area contributed by atoms with Gasteiger partial charge < -0.3 is 14.8 Å². The Morgan fingerprint density at radius 2 is 1.86 bits per heavy atom. The average Bonchev–Trinajstić information content (AvgIpc) is 2.48. The fourth-order valence-electron chi connectivity index (χ4n) is 2.07. The highest BCUT2D eigenvalue weighted by Crippen LogP contribution is 2.17. The van der Waals surface area contributed by atoms with Crippen LogP contribution in [0, 0.1) is 5.41 Å². The Morgan fingerprint density at radius 3 is 2.41 bits per heavy atom. The van der Waals surface area contributed by atoms with Crippen LogP contribution in [0.1, 0.15) is 39.7 Å². The van der Waals surface area contributed by atoms with E-state index in [2.05, 4.69) is 26.1 Å². The van der Waals surface area contributed by atoms with Crippen molar-refractivity contribution in [3.8, 4) is 0 Å². The van der Waals surface area contributed by atoms with Gasteiger partial charge in [0.2, 0.25) is 0 Å². The summed E-state index contributed by atoms with van der Waals surface area (Å²) in [6.07, 6.45) is 0.721. The van der Waals surface area contributed by atoms with E-state index in [0.29, 0.717) is 6.61 Å². The van der Waals surface area contributed by atoms with Gasteiger partial charge in [0.25, 0.3) is 0 Å². The number of methoxy groups -OCH3 is 1. The molecule has 0 radical (unpaired) electrons. The van der Waals surface area contributed by atoms with E-state index in [9.17, 15) is 4.79 Å². The third kappa shape index (κ3) is 7.05. The monoisotopic (exact) mass is 307 g/mol. The van der Waals surface area contributed by atoms with E-state index in [1.807, 2.05) is 37.3 Å².